The fourth-order valence-electron chi connectivity index (χ4n) is 8.19. The molecule has 3 aromatic heterocycles. The number of aromatic amines is 1. The summed E-state index contributed by atoms with van der Waals surface area (Å²) >= 11 is 13.8. The van der Waals surface area contributed by atoms with Crippen molar-refractivity contribution in [3.8, 4) is 16.9 Å². The van der Waals surface area contributed by atoms with E-state index in [1.807, 2.05) is 67.7 Å². The summed E-state index contributed by atoms with van der Waals surface area (Å²) in [6.45, 7) is 15.6. The van der Waals surface area contributed by atoms with Crippen LogP contribution in [0.1, 0.15) is 95.6 Å². The number of anilines is 1. The average Bonchev–Trinajstić information content (AvgIpc) is 3.82. The lowest BCUT2D eigenvalue weighted by atomic mass is 9.97. The van der Waals surface area contributed by atoms with Crippen molar-refractivity contribution in [2.24, 2.45) is 13.0 Å². The summed E-state index contributed by atoms with van der Waals surface area (Å²) < 4.78 is 15.7. The summed E-state index contributed by atoms with van der Waals surface area (Å²) in [5.41, 5.74) is 10.1. The standard InChI is InChI=1S/C44H49Cl2N5O4/c1-9-24(3)19-30-21-31(20-25(4)39(30)46)55-18-12-14-32-33-16-17-34(45)38(37-27(6)48-49(8)28(37)7)41(33)51-26(5)23-50(43(52)42(32)51)36-15-11-13-29-22-35(47-40(29)36)44(53)54-10-2/h11,13,15-17,20-22,24,26,47H,9-10,12,14,18-19,23H2,1-8H3/t24-,26+/m0/s1. The number of nitrogens with zero attached hydrogens (tertiary/aromatic N) is 4. The van der Waals surface area contributed by atoms with E-state index in [9.17, 15) is 4.79 Å². The zero-order chi connectivity index (χ0) is 39.3. The lowest BCUT2D eigenvalue weighted by Crippen LogP contribution is -2.42. The van der Waals surface area contributed by atoms with E-state index in [2.05, 4.69) is 42.5 Å². The van der Waals surface area contributed by atoms with E-state index in [0.717, 1.165) is 79.1 Å². The number of aromatic nitrogens is 4. The first kappa shape index (κ1) is 38.5. The normalized spacial score (nSPS) is 14.9. The molecule has 55 heavy (non-hydrogen) atoms. The Morgan fingerprint density at radius 3 is 2.56 bits per heavy atom. The Hall–Kier alpha value is -4.73. The molecule has 0 saturated heterocycles. The molecule has 0 spiro atoms. The van der Waals surface area contributed by atoms with Gasteiger partial charge in [0.2, 0.25) is 0 Å². The van der Waals surface area contributed by atoms with Gasteiger partial charge in [0, 0.05) is 52.3 Å². The van der Waals surface area contributed by atoms with Crippen LogP contribution in [0.25, 0.3) is 32.9 Å². The summed E-state index contributed by atoms with van der Waals surface area (Å²) in [7, 11) is 1.94. The third kappa shape index (κ3) is 6.90. The van der Waals surface area contributed by atoms with Crippen LogP contribution in [0.4, 0.5) is 5.69 Å². The van der Waals surface area contributed by atoms with E-state index in [4.69, 9.17) is 37.8 Å². The van der Waals surface area contributed by atoms with Crippen molar-refractivity contribution in [3.05, 3.63) is 98.0 Å². The second-order valence-corrected chi connectivity index (χ2v) is 15.8. The summed E-state index contributed by atoms with van der Waals surface area (Å²) in [4.78, 5) is 32.9. The number of para-hydroxylation sites is 1. The van der Waals surface area contributed by atoms with Gasteiger partial charge in [-0.1, -0.05) is 61.7 Å². The lowest BCUT2D eigenvalue weighted by Gasteiger charge is -2.34. The van der Waals surface area contributed by atoms with Gasteiger partial charge in [-0.25, -0.2) is 4.79 Å². The number of hydrogen-bond donors (Lipinski definition) is 1. The molecule has 6 aromatic rings. The number of H-pyrrole nitrogens is 1. The van der Waals surface area contributed by atoms with Crippen LogP contribution >= 0.6 is 23.2 Å². The van der Waals surface area contributed by atoms with Crippen LogP contribution < -0.4 is 9.64 Å². The molecular weight excluding hydrogens is 733 g/mol. The number of hydrogen-bond acceptors (Lipinski definition) is 5. The monoisotopic (exact) mass is 781 g/mol. The van der Waals surface area contributed by atoms with Crippen LogP contribution in [0.2, 0.25) is 10.0 Å². The number of esters is 1. The maximum atomic E-state index is 15.1. The van der Waals surface area contributed by atoms with E-state index in [-0.39, 0.29) is 18.6 Å². The lowest BCUT2D eigenvalue weighted by molar-refractivity contribution is 0.0520. The highest BCUT2D eigenvalue weighted by Gasteiger charge is 2.37. The minimum Gasteiger partial charge on any atom is -0.494 e. The Labute approximate surface area is 332 Å². The molecule has 7 rings (SSSR count). The van der Waals surface area contributed by atoms with Crippen molar-refractivity contribution in [1.82, 2.24) is 19.3 Å². The van der Waals surface area contributed by atoms with Gasteiger partial charge in [0.1, 0.15) is 17.1 Å². The van der Waals surface area contributed by atoms with E-state index in [1.54, 1.807) is 13.0 Å². The molecule has 2 atom stereocenters. The van der Waals surface area contributed by atoms with E-state index >= 15 is 4.79 Å². The van der Waals surface area contributed by atoms with Crippen LogP contribution in [0.5, 0.6) is 5.75 Å². The van der Waals surface area contributed by atoms with Crippen LogP contribution in [-0.2, 0) is 24.6 Å². The molecule has 11 heteroatoms. The number of aryl methyl sites for hydroxylation is 4. The molecule has 0 unspecified atom stereocenters. The number of carbonyl (C=O) groups excluding carboxylic acids is 2. The molecule has 0 bridgehead atoms. The third-order valence-electron chi connectivity index (χ3n) is 11.1. The van der Waals surface area contributed by atoms with Gasteiger partial charge in [0.05, 0.1) is 40.7 Å². The molecule has 1 aliphatic heterocycles. The van der Waals surface area contributed by atoms with Gasteiger partial charge in [-0.3, -0.25) is 9.48 Å². The van der Waals surface area contributed by atoms with Crippen LogP contribution in [0.3, 0.4) is 0 Å². The van der Waals surface area contributed by atoms with Crippen molar-refractivity contribution in [1.29, 1.82) is 0 Å². The predicted molar refractivity (Wildman–Crippen MR) is 222 cm³/mol. The summed E-state index contributed by atoms with van der Waals surface area (Å²) in [6, 6.07) is 15.5. The molecule has 4 heterocycles. The Balaban J connectivity index is 1.31. The Morgan fingerprint density at radius 1 is 1.07 bits per heavy atom. The topological polar surface area (TPSA) is 94.4 Å². The van der Waals surface area contributed by atoms with Gasteiger partial charge in [-0.05, 0) is 107 Å². The highest BCUT2D eigenvalue weighted by Crippen LogP contribution is 2.45. The van der Waals surface area contributed by atoms with Crippen molar-refractivity contribution in [2.75, 3.05) is 24.7 Å². The largest absolute Gasteiger partial charge is 0.494 e. The third-order valence-corrected chi connectivity index (χ3v) is 12.0. The Bertz CT molecular complexity index is 2460. The highest BCUT2D eigenvalue weighted by atomic mass is 35.5. The number of amides is 1. The molecule has 1 amide bonds. The first-order chi connectivity index (χ1) is 26.3. The summed E-state index contributed by atoms with van der Waals surface area (Å²) in [6.07, 6.45) is 3.25. The fraction of sp³-hybridized carbons (Fsp3) is 0.386. The quantitative estimate of drug-likeness (QED) is 0.0985. The Kier molecular flexibility index (Phi) is 10.8. The summed E-state index contributed by atoms with van der Waals surface area (Å²) in [5.74, 6) is 0.771. The van der Waals surface area contributed by atoms with Gasteiger partial charge in [0.15, 0.2) is 0 Å². The van der Waals surface area contributed by atoms with Crippen molar-refractivity contribution in [3.63, 3.8) is 0 Å². The molecule has 3 aromatic carbocycles. The molecule has 0 saturated carbocycles. The number of carbonyl (C=O) groups is 2. The number of ether oxygens (including phenoxy) is 2. The predicted octanol–water partition coefficient (Wildman–Crippen LogP) is 10.8. The first-order valence-electron chi connectivity index (χ1n) is 19.2. The number of rotatable bonds is 12. The number of nitrogens with one attached hydrogen (secondary N) is 1. The maximum Gasteiger partial charge on any atom is 0.354 e. The average molecular weight is 783 g/mol. The van der Waals surface area contributed by atoms with Crippen LogP contribution in [0, 0.1) is 26.7 Å². The zero-order valence-electron chi connectivity index (χ0n) is 32.9. The molecule has 1 N–H and O–H groups in total. The van der Waals surface area contributed by atoms with Crippen LogP contribution in [-0.4, -0.2) is 51.0 Å². The molecule has 288 valence electrons. The van der Waals surface area contributed by atoms with Crippen molar-refractivity contribution in [2.45, 2.75) is 80.2 Å². The van der Waals surface area contributed by atoms with E-state index < -0.39 is 5.97 Å². The van der Waals surface area contributed by atoms with Crippen LogP contribution in [0.15, 0.2) is 48.5 Å². The van der Waals surface area contributed by atoms with Gasteiger partial charge in [-0.2, -0.15) is 5.10 Å². The molecule has 9 nitrogen and oxygen atoms in total. The molecule has 1 aliphatic rings. The SMILES string of the molecule is CCOC(=O)c1cc2cccc(N3C[C@@H](C)n4c(c(CCCOc5cc(C)c(Cl)c(C[C@@H](C)CC)c5)c5ccc(Cl)c(-c6c(C)nn(C)c6C)c54)C3=O)c2[nH]1. The number of benzene rings is 3. The smallest absolute Gasteiger partial charge is 0.354 e. The highest BCUT2D eigenvalue weighted by molar-refractivity contribution is 6.35. The molecular formula is C44H49Cl2N5O4. The maximum absolute atomic E-state index is 15.1. The van der Waals surface area contributed by atoms with Gasteiger partial charge in [0.25, 0.3) is 5.91 Å². The first-order valence-corrected chi connectivity index (χ1v) is 20.0. The van der Waals surface area contributed by atoms with Gasteiger partial charge < -0.3 is 23.9 Å². The van der Waals surface area contributed by atoms with Crippen molar-refractivity contribution >= 4 is 62.6 Å². The minimum atomic E-state index is -0.432. The molecule has 0 radical (unpaired) electrons. The molecule has 0 aliphatic carbocycles. The van der Waals surface area contributed by atoms with Crippen molar-refractivity contribution < 1.29 is 19.1 Å². The van der Waals surface area contributed by atoms with Gasteiger partial charge >= 0.3 is 5.97 Å². The number of halogens is 2. The number of fused-ring (bicyclic) bond motifs is 4. The minimum absolute atomic E-state index is 0.116. The van der Waals surface area contributed by atoms with E-state index in [1.165, 1.54) is 0 Å². The van der Waals surface area contributed by atoms with Gasteiger partial charge in [-0.15, -0.1) is 0 Å². The second-order valence-electron chi connectivity index (χ2n) is 15.0. The molecule has 0 fully saturated rings. The zero-order valence-corrected chi connectivity index (χ0v) is 34.4. The second kappa shape index (κ2) is 15.4. The fourth-order valence-corrected chi connectivity index (χ4v) is 8.62. The Morgan fingerprint density at radius 2 is 1.85 bits per heavy atom. The summed E-state index contributed by atoms with van der Waals surface area (Å²) in [5, 5.41) is 7.96. The van der Waals surface area contributed by atoms with E-state index in [0.29, 0.717) is 59.5 Å².